The highest BCUT2D eigenvalue weighted by molar-refractivity contribution is 5.56. The van der Waals surface area contributed by atoms with E-state index in [0.717, 1.165) is 12.1 Å². The quantitative estimate of drug-likeness (QED) is 0.552. The molecule has 1 aromatic heterocycles. The number of rotatable bonds is 4. The molecule has 0 amide bonds. The van der Waals surface area contributed by atoms with E-state index in [0.29, 0.717) is 41.9 Å². The lowest BCUT2D eigenvalue weighted by Crippen LogP contribution is -2.35. The Labute approximate surface area is 183 Å². The number of aromatic nitrogens is 2. The van der Waals surface area contributed by atoms with E-state index in [-0.39, 0.29) is 18.1 Å². The third-order valence-electron chi connectivity index (χ3n) is 5.17. The van der Waals surface area contributed by atoms with Crippen molar-refractivity contribution in [3.63, 3.8) is 0 Å². The summed E-state index contributed by atoms with van der Waals surface area (Å²) >= 11 is 0. The molecule has 33 heavy (non-hydrogen) atoms. The number of H-pyrrole nitrogens is 1. The molecule has 0 aliphatic carbocycles. The number of ether oxygens (including phenoxy) is 1. The van der Waals surface area contributed by atoms with Crippen LogP contribution >= 0.6 is 0 Å². The van der Waals surface area contributed by atoms with Crippen molar-refractivity contribution >= 4 is 0 Å². The predicted molar refractivity (Wildman–Crippen MR) is 106 cm³/mol. The fourth-order valence-electron chi connectivity index (χ4n) is 3.67. The van der Waals surface area contributed by atoms with E-state index >= 15 is 0 Å². The van der Waals surface area contributed by atoms with Gasteiger partial charge < -0.3 is 9.72 Å². The zero-order valence-electron chi connectivity index (χ0n) is 16.9. The SMILES string of the molecule is O=c1[nH]c(-c2ccc(C(F)(F)F)cc2)nc2c1CN(Cc1cccc(OC(F)(F)F)c1)CC2. The average Bonchev–Trinajstić information content (AvgIpc) is 2.72. The van der Waals surface area contributed by atoms with Gasteiger partial charge in [0, 0.05) is 31.6 Å². The zero-order chi connectivity index (χ0) is 23.8. The van der Waals surface area contributed by atoms with E-state index in [1.54, 1.807) is 6.07 Å². The molecule has 5 nitrogen and oxygen atoms in total. The van der Waals surface area contributed by atoms with Gasteiger partial charge in [-0.2, -0.15) is 13.2 Å². The van der Waals surface area contributed by atoms with Crippen LogP contribution in [0.4, 0.5) is 26.3 Å². The van der Waals surface area contributed by atoms with E-state index in [4.69, 9.17) is 0 Å². The van der Waals surface area contributed by atoms with Crippen LogP contribution in [0, 0.1) is 0 Å². The minimum Gasteiger partial charge on any atom is -0.406 e. The van der Waals surface area contributed by atoms with Gasteiger partial charge in [0.15, 0.2) is 0 Å². The summed E-state index contributed by atoms with van der Waals surface area (Å²) in [5.74, 6) is -0.143. The lowest BCUT2D eigenvalue weighted by atomic mass is 10.0. The van der Waals surface area contributed by atoms with Crippen molar-refractivity contribution < 1.29 is 31.1 Å². The fourth-order valence-corrected chi connectivity index (χ4v) is 3.67. The number of halogens is 6. The smallest absolute Gasteiger partial charge is 0.406 e. The lowest BCUT2D eigenvalue weighted by Gasteiger charge is -2.28. The summed E-state index contributed by atoms with van der Waals surface area (Å²) in [7, 11) is 0. The first-order chi connectivity index (χ1) is 15.5. The minimum atomic E-state index is -4.79. The molecule has 1 aliphatic heterocycles. The Kier molecular flexibility index (Phi) is 5.91. The Morgan fingerprint density at radius 1 is 1.03 bits per heavy atom. The van der Waals surface area contributed by atoms with Crippen LogP contribution in [0.15, 0.2) is 53.3 Å². The summed E-state index contributed by atoms with van der Waals surface area (Å²) in [4.78, 5) is 21.6. The highest BCUT2D eigenvalue weighted by atomic mass is 19.4. The number of hydrogen-bond donors (Lipinski definition) is 1. The van der Waals surface area contributed by atoms with Crippen LogP contribution in [-0.2, 0) is 25.7 Å². The van der Waals surface area contributed by atoms with Gasteiger partial charge in [0.2, 0.25) is 0 Å². The standard InChI is InChI=1S/C22H17F6N3O2/c23-21(24,25)15-6-4-14(5-7-15)19-29-18-8-9-31(12-17(18)20(32)30-19)11-13-2-1-3-16(10-13)33-22(26,27)28/h1-7,10H,8-9,11-12H2,(H,29,30,32). The number of fused-ring (bicyclic) bond motifs is 1. The molecule has 0 spiro atoms. The van der Waals surface area contributed by atoms with Gasteiger partial charge in [0.25, 0.3) is 5.56 Å². The lowest BCUT2D eigenvalue weighted by molar-refractivity contribution is -0.274. The van der Waals surface area contributed by atoms with Crippen molar-refractivity contribution in [2.24, 2.45) is 0 Å². The van der Waals surface area contributed by atoms with Crippen LogP contribution in [-0.4, -0.2) is 27.8 Å². The zero-order valence-corrected chi connectivity index (χ0v) is 16.9. The predicted octanol–water partition coefficient (Wildman–Crippen LogP) is 4.91. The molecule has 3 aromatic rings. The molecule has 0 saturated carbocycles. The minimum absolute atomic E-state index is 0.179. The molecular formula is C22H17F6N3O2. The van der Waals surface area contributed by atoms with Crippen molar-refractivity contribution in [3.8, 4) is 17.1 Å². The monoisotopic (exact) mass is 469 g/mol. The van der Waals surface area contributed by atoms with Gasteiger partial charge in [-0.3, -0.25) is 9.69 Å². The first-order valence-corrected chi connectivity index (χ1v) is 9.85. The molecule has 0 fully saturated rings. The van der Waals surface area contributed by atoms with Crippen LogP contribution < -0.4 is 10.3 Å². The van der Waals surface area contributed by atoms with Crippen LogP contribution in [0.3, 0.4) is 0 Å². The first-order valence-electron chi connectivity index (χ1n) is 9.85. The first kappa shape index (κ1) is 22.8. The molecule has 0 bridgehead atoms. The third kappa shape index (κ3) is 5.54. The number of aromatic amines is 1. The molecule has 1 aliphatic rings. The number of benzene rings is 2. The topological polar surface area (TPSA) is 58.2 Å². The van der Waals surface area contributed by atoms with Crippen molar-refractivity contribution in [3.05, 3.63) is 81.3 Å². The number of hydrogen-bond acceptors (Lipinski definition) is 4. The van der Waals surface area contributed by atoms with Crippen molar-refractivity contribution in [2.75, 3.05) is 6.54 Å². The van der Waals surface area contributed by atoms with Crippen LogP contribution in [0.1, 0.15) is 22.4 Å². The fraction of sp³-hybridized carbons (Fsp3) is 0.273. The number of alkyl halides is 6. The maximum absolute atomic E-state index is 12.8. The molecule has 174 valence electrons. The molecule has 0 unspecified atom stereocenters. The molecule has 0 radical (unpaired) electrons. The van der Waals surface area contributed by atoms with E-state index in [1.807, 2.05) is 4.90 Å². The highest BCUT2D eigenvalue weighted by Gasteiger charge is 2.31. The second kappa shape index (κ2) is 8.54. The Morgan fingerprint density at radius 2 is 1.76 bits per heavy atom. The van der Waals surface area contributed by atoms with Crippen molar-refractivity contribution in [2.45, 2.75) is 32.0 Å². The number of nitrogens with zero attached hydrogens (tertiary/aromatic N) is 2. The van der Waals surface area contributed by atoms with Gasteiger partial charge >= 0.3 is 12.5 Å². The van der Waals surface area contributed by atoms with E-state index in [9.17, 15) is 31.1 Å². The van der Waals surface area contributed by atoms with E-state index in [2.05, 4.69) is 14.7 Å². The van der Waals surface area contributed by atoms with Gasteiger partial charge in [0.05, 0.1) is 16.8 Å². The Morgan fingerprint density at radius 3 is 2.42 bits per heavy atom. The molecule has 2 heterocycles. The number of nitrogens with one attached hydrogen (secondary N) is 1. The van der Waals surface area contributed by atoms with Gasteiger partial charge in [-0.25, -0.2) is 4.98 Å². The summed E-state index contributed by atoms with van der Waals surface area (Å²) in [5, 5.41) is 0. The average molecular weight is 469 g/mol. The molecule has 0 atom stereocenters. The molecule has 1 N–H and O–H groups in total. The highest BCUT2D eigenvalue weighted by Crippen LogP contribution is 2.30. The molecule has 0 saturated heterocycles. The molecule has 11 heteroatoms. The van der Waals surface area contributed by atoms with Crippen LogP contribution in [0.25, 0.3) is 11.4 Å². The van der Waals surface area contributed by atoms with Gasteiger partial charge in [0.1, 0.15) is 11.6 Å². The molecular weight excluding hydrogens is 452 g/mol. The van der Waals surface area contributed by atoms with Gasteiger partial charge in [-0.05, 0) is 29.8 Å². The summed E-state index contributed by atoms with van der Waals surface area (Å²) in [6, 6.07) is 9.96. The Hall–Kier alpha value is -3.34. The van der Waals surface area contributed by atoms with Crippen LogP contribution in [0.2, 0.25) is 0 Å². The van der Waals surface area contributed by atoms with Crippen molar-refractivity contribution in [1.29, 1.82) is 0 Å². The van der Waals surface area contributed by atoms with Crippen LogP contribution in [0.5, 0.6) is 5.75 Å². The second-order valence-electron chi connectivity index (χ2n) is 7.57. The Bertz CT molecular complexity index is 1200. The maximum Gasteiger partial charge on any atom is 0.573 e. The maximum atomic E-state index is 12.8. The van der Waals surface area contributed by atoms with E-state index < -0.39 is 23.7 Å². The second-order valence-corrected chi connectivity index (χ2v) is 7.57. The molecule has 4 rings (SSSR count). The molecule has 2 aromatic carbocycles. The summed E-state index contributed by atoms with van der Waals surface area (Å²) in [6.07, 6.45) is -8.84. The van der Waals surface area contributed by atoms with Crippen molar-refractivity contribution in [1.82, 2.24) is 14.9 Å². The summed E-state index contributed by atoms with van der Waals surface area (Å²) in [5.41, 5.74) is 0.692. The van der Waals surface area contributed by atoms with Gasteiger partial charge in [-0.1, -0.05) is 24.3 Å². The summed E-state index contributed by atoms with van der Waals surface area (Å²) < 4.78 is 79.6. The van der Waals surface area contributed by atoms with E-state index in [1.165, 1.54) is 30.3 Å². The summed E-state index contributed by atoms with van der Waals surface area (Å²) in [6.45, 7) is 1.03. The van der Waals surface area contributed by atoms with Gasteiger partial charge in [-0.15, -0.1) is 13.2 Å². The normalized spacial score (nSPS) is 14.7. The Balaban J connectivity index is 1.50. The largest absolute Gasteiger partial charge is 0.573 e. The third-order valence-corrected chi connectivity index (χ3v) is 5.17.